The molecule has 3 aromatic carbocycles. The lowest BCUT2D eigenvalue weighted by molar-refractivity contribution is 0.102. The molecule has 33 heavy (non-hydrogen) atoms. The monoisotopic (exact) mass is 480 g/mol. The van der Waals surface area contributed by atoms with E-state index in [0.717, 1.165) is 28.2 Å². The van der Waals surface area contributed by atoms with Gasteiger partial charge in [-0.3, -0.25) is 4.79 Å². The number of hydrogen-bond donors (Lipinski definition) is 1. The number of para-hydroxylation sites is 1. The third-order valence-electron chi connectivity index (χ3n) is 5.94. The second-order valence-electron chi connectivity index (χ2n) is 8.43. The molecule has 0 atom stereocenters. The number of nitrogens with one attached hydrogen (secondary N) is 1. The molecule has 0 saturated carbocycles. The molecule has 1 N–H and O–H groups in total. The molecule has 0 spiro atoms. The topological polar surface area (TPSA) is 66.5 Å². The Morgan fingerprint density at radius 1 is 0.970 bits per heavy atom. The van der Waals surface area contributed by atoms with E-state index in [9.17, 15) is 13.2 Å². The Kier molecular flexibility index (Phi) is 7.22. The lowest BCUT2D eigenvalue weighted by Crippen LogP contribution is -2.38. The van der Waals surface area contributed by atoms with Crippen molar-refractivity contribution in [1.82, 2.24) is 4.31 Å². The van der Waals surface area contributed by atoms with Crippen molar-refractivity contribution in [3.8, 4) is 0 Å². The Balaban J connectivity index is 1.57. The third-order valence-corrected chi connectivity index (χ3v) is 8.92. The maximum atomic E-state index is 13.2. The van der Waals surface area contributed by atoms with Crippen LogP contribution in [0.3, 0.4) is 0 Å². The molecule has 1 fully saturated rings. The molecule has 1 aliphatic rings. The molecule has 0 aromatic heterocycles. The first-order valence-electron chi connectivity index (χ1n) is 11.1. The van der Waals surface area contributed by atoms with Crippen LogP contribution in [-0.2, 0) is 10.0 Å². The Morgan fingerprint density at radius 2 is 1.64 bits per heavy atom. The van der Waals surface area contributed by atoms with Crippen LogP contribution in [0, 0.1) is 12.8 Å². The Hall–Kier alpha value is -2.61. The van der Waals surface area contributed by atoms with Crippen molar-refractivity contribution in [3.05, 3.63) is 83.9 Å². The number of nitrogens with zero attached hydrogens (tertiary/aromatic N) is 1. The molecule has 4 rings (SSSR count). The number of amides is 1. The molecule has 1 aliphatic heterocycles. The largest absolute Gasteiger partial charge is 0.321 e. The smallest absolute Gasteiger partial charge is 0.256 e. The summed E-state index contributed by atoms with van der Waals surface area (Å²) >= 11 is 1.56. The summed E-state index contributed by atoms with van der Waals surface area (Å²) in [5, 5.41) is 2.98. The average Bonchev–Trinajstić information content (AvgIpc) is 2.81. The molecule has 1 saturated heterocycles. The van der Waals surface area contributed by atoms with Crippen LogP contribution >= 0.6 is 11.8 Å². The zero-order chi connectivity index (χ0) is 23.4. The fraction of sp³-hybridized carbons (Fsp3) is 0.269. The summed E-state index contributed by atoms with van der Waals surface area (Å²) in [6.45, 7) is 5.00. The van der Waals surface area contributed by atoms with Crippen LogP contribution in [0.15, 0.2) is 87.5 Å². The highest BCUT2D eigenvalue weighted by molar-refractivity contribution is 7.99. The van der Waals surface area contributed by atoms with Gasteiger partial charge < -0.3 is 5.32 Å². The van der Waals surface area contributed by atoms with Gasteiger partial charge in [-0.2, -0.15) is 4.31 Å². The maximum Gasteiger partial charge on any atom is 0.256 e. The van der Waals surface area contributed by atoms with Gasteiger partial charge >= 0.3 is 0 Å². The number of hydrogen-bond acceptors (Lipinski definition) is 4. The molecule has 0 unspecified atom stereocenters. The summed E-state index contributed by atoms with van der Waals surface area (Å²) in [5.74, 6) is 0.211. The minimum atomic E-state index is -3.63. The van der Waals surface area contributed by atoms with E-state index in [0.29, 0.717) is 30.3 Å². The van der Waals surface area contributed by atoms with Crippen LogP contribution in [0.25, 0.3) is 0 Å². The van der Waals surface area contributed by atoms with Gasteiger partial charge in [0.15, 0.2) is 0 Å². The summed E-state index contributed by atoms with van der Waals surface area (Å²) in [4.78, 5) is 15.4. The lowest BCUT2D eigenvalue weighted by atomic mass is 10.0. The van der Waals surface area contributed by atoms with Gasteiger partial charge in [0.2, 0.25) is 10.0 Å². The first-order valence-corrected chi connectivity index (χ1v) is 13.3. The van der Waals surface area contributed by atoms with E-state index in [1.807, 2.05) is 61.5 Å². The number of benzene rings is 3. The van der Waals surface area contributed by atoms with Crippen LogP contribution in [0.2, 0.25) is 0 Å². The van der Waals surface area contributed by atoms with Crippen LogP contribution in [0.1, 0.15) is 35.7 Å². The summed E-state index contributed by atoms with van der Waals surface area (Å²) < 4.78 is 27.9. The zero-order valence-corrected chi connectivity index (χ0v) is 20.5. The van der Waals surface area contributed by atoms with Gasteiger partial charge in [0, 0.05) is 28.4 Å². The average molecular weight is 481 g/mol. The van der Waals surface area contributed by atoms with E-state index >= 15 is 0 Å². The van der Waals surface area contributed by atoms with E-state index in [1.54, 1.807) is 23.9 Å². The summed E-state index contributed by atoms with van der Waals surface area (Å²) in [6.07, 6.45) is 1.71. The number of anilines is 1. The minimum absolute atomic E-state index is 0.166. The van der Waals surface area contributed by atoms with Gasteiger partial charge in [-0.05, 0) is 67.6 Å². The molecule has 5 nitrogen and oxygen atoms in total. The van der Waals surface area contributed by atoms with Gasteiger partial charge in [0.25, 0.3) is 5.91 Å². The van der Waals surface area contributed by atoms with Gasteiger partial charge in [0.05, 0.1) is 10.6 Å². The second-order valence-corrected chi connectivity index (χ2v) is 11.5. The molecular weight excluding hydrogens is 452 g/mol. The fourth-order valence-electron chi connectivity index (χ4n) is 3.84. The van der Waals surface area contributed by atoms with E-state index in [1.165, 1.54) is 10.4 Å². The Morgan fingerprint density at radius 3 is 2.36 bits per heavy atom. The second kappa shape index (κ2) is 10.1. The molecule has 0 radical (unpaired) electrons. The summed E-state index contributed by atoms with van der Waals surface area (Å²) in [5.41, 5.74) is 1.78. The van der Waals surface area contributed by atoms with E-state index in [2.05, 4.69) is 12.2 Å². The normalized spacial score (nSPS) is 15.3. The van der Waals surface area contributed by atoms with Crippen molar-refractivity contribution in [2.75, 3.05) is 18.4 Å². The summed E-state index contributed by atoms with van der Waals surface area (Å²) in [7, 11) is -3.63. The Bertz CT molecular complexity index is 1240. The highest BCUT2D eigenvalue weighted by Gasteiger charge is 2.29. The van der Waals surface area contributed by atoms with Crippen LogP contribution in [-0.4, -0.2) is 31.7 Å². The van der Waals surface area contributed by atoms with Crippen molar-refractivity contribution in [2.24, 2.45) is 5.92 Å². The fourth-order valence-corrected chi connectivity index (χ4v) is 6.26. The SMILES string of the molecule is Cc1ccc(S(=O)(=O)N2CCC(C)CC2)cc1C(=O)Nc1ccccc1Sc1ccccc1. The molecule has 0 aliphatic carbocycles. The molecule has 0 bridgehead atoms. The highest BCUT2D eigenvalue weighted by Crippen LogP contribution is 2.33. The molecule has 3 aromatic rings. The number of aryl methyl sites for hydroxylation is 1. The minimum Gasteiger partial charge on any atom is -0.321 e. The van der Waals surface area contributed by atoms with Crippen LogP contribution in [0.4, 0.5) is 5.69 Å². The standard InChI is InChI=1S/C26H28N2O3S2/c1-19-14-16-28(17-15-19)33(30,31)22-13-12-20(2)23(18-22)26(29)27-24-10-6-7-11-25(24)32-21-8-4-3-5-9-21/h3-13,18-19H,14-17H2,1-2H3,(H,27,29). The number of rotatable bonds is 6. The van der Waals surface area contributed by atoms with Gasteiger partial charge in [-0.1, -0.05) is 55.1 Å². The Labute approximate surface area is 200 Å². The van der Waals surface area contributed by atoms with Gasteiger partial charge in [-0.15, -0.1) is 0 Å². The van der Waals surface area contributed by atoms with Crippen molar-refractivity contribution < 1.29 is 13.2 Å². The van der Waals surface area contributed by atoms with Crippen molar-refractivity contribution >= 4 is 33.4 Å². The van der Waals surface area contributed by atoms with E-state index in [-0.39, 0.29) is 10.8 Å². The number of piperidine rings is 1. The van der Waals surface area contributed by atoms with E-state index in [4.69, 9.17) is 0 Å². The maximum absolute atomic E-state index is 13.2. The molecule has 1 amide bonds. The van der Waals surface area contributed by atoms with Crippen LogP contribution in [0.5, 0.6) is 0 Å². The predicted octanol–water partition coefficient (Wildman–Crippen LogP) is 5.82. The summed E-state index contributed by atoms with van der Waals surface area (Å²) in [6, 6.07) is 22.4. The molecule has 172 valence electrons. The van der Waals surface area contributed by atoms with E-state index < -0.39 is 10.0 Å². The quantitative estimate of drug-likeness (QED) is 0.483. The first-order chi connectivity index (χ1) is 15.8. The number of sulfonamides is 1. The van der Waals surface area contributed by atoms with Crippen molar-refractivity contribution in [1.29, 1.82) is 0 Å². The number of carbonyl (C=O) groups is 1. The van der Waals surface area contributed by atoms with Crippen molar-refractivity contribution in [2.45, 2.75) is 41.4 Å². The molecule has 1 heterocycles. The third kappa shape index (κ3) is 5.49. The highest BCUT2D eigenvalue weighted by atomic mass is 32.2. The number of carbonyl (C=O) groups excluding carboxylic acids is 1. The van der Waals surface area contributed by atoms with Gasteiger partial charge in [0.1, 0.15) is 0 Å². The van der Waals surface area contributed by atoms with Crippen LogP contribution < -0.4 is 5.32 Å². The first kappa shape index (κ1) is 23.5. The van der Waals surface area contributed by atoms with Crippen molar-refractivity contribution in [3.63, 3.8) is 0 Å². The molecule has 7 heteroatoms. The zero-order valence-electron chi connectivity index (χ0n) is 18.8. The lowest BCUT2D eigenvalue weighted by Gasteiger charge is -2.29. The predicted molar refractivity (Wildman–Crippen MR) is 133 cm³/mol. The van der Waals surface area contributed by atoms with Gasteiger partial charge in [-0.25, -0.2) is 8.42 Å². The molecular formula is C26H28N2O3S2.